The van der Waals surface area contributed by atoms with Crippen LogP contribution in [-0.2, 0) is 0 Å². The summed E-state index contributed by atoms with van der Waals surface area (Å²) >= 11 is 12.2. The van der Waals surface area contributed by atoms with E-state index >= 15 is 0 Å². The molecule has 0 aliphatic carbocycles. The van der Waals surface area contributed by atoms with Crippen LogP contribution in [0.1, 0.15) is 13.8 Å². The van der Waals surface area contributed by atoms with Crippen molar-refractivity contribution >= 4 is 39.7 Å². The van der Waals surface area contributed by atoms with Crippen LogP contribution in [-0.4, -0.2) is 9.78 Å². The number of benzene rings is 2. The SMILES string of the molecule is C/C=C(\C)n1nc(-c2ccc(F)cc2)c2cc(Cl)c(Cl)cc2c1=O. The highest BCUT2D eigenvalue weighted by atomic mass is 35.5. The Balaban J connectivity index is 2.46. The lowest BCUT2D eigenvalue weighted by molar-refractivity contribution is 0.628. The van der Waals surface area contributed by atoms with E-state index in [1.165, 1.54) is 22.9 Å². The fourth-order valence-corrected chi connectivity index (χ4v) is 2.74. The minimum Gasteiger partial charge on any atom is -0.267 e. The maximum Gasteiger partial charge on any atom is 0.279 e. The molecule has 122 valence electrons. The van der Waals surface area contributed by atoms with Gasteiger partial charge in [-0.1, -0.05) is 29.3 Å². The molecule has 3 nitrogen and oxygen atoms in total. The predicted octanol–water partition coefficient (Wildman–Crippen LogP) is 5.39. The molecule has 0 radical (unpaired) electrons. The molecular weight excluding hydrogens is 350 g/mol. The first-order valence-corrected chi connectivity index (χ1v) is 7.99. The van der Waals surface area contributed by atoms with Crippen LogP contribution in [0, 0.1) is 5.82 Å². The molecule has 0 aliphatic rings. The molecule has 0 fully saturated rings. The van der Waals surface area contributed by atoms with Crippen LogP contribution in [0.5, 0.6) is 0 Å². The minimum absolute atomic E-state index is 0.287. The molecular formula is C18H13Cl2FN2O. The zero-order valence-corrected chi connectivity index (χ0v) is 14.5. The van der Waals surface area contributed by atoms with E-state index in [2.05, 4.69) is 5.10 Å². The Hall–Kier alpha value is -2.17. The van der Waals surface area contributed by atoms with Crippen LogP contribution in [0.25, 0.3) is 27.7 Å². The van der Waals surface area contributed by atoms with Gasteiger partial charge in [0.1, 0.15) is 5.82 Å². The molecule has 0 unspecified atom stereocenters. The smallest absolute Gasteiger partial charge is 0.267 e. The molecule has 0 saturated heterocycles. The van der Waals surface area contributed by atoms with Crippen molar-refractivity contribution in [3.8, 4) is 11.3 Å². The van der Waals surface area contributed by atoms with Crippen molar-refractivity contribution in [3.63, 3.8) is 0 Å². The molecule has 2 aromatic carbocycles. The average molecular weight is 363 g/mol. The Kier molecular flexibility index (Phi) is 4.43. The summed E-state index contributed by atoms with van der Waals surface area (Å²) in [5.74, 6) is -0.345. The summed E-state index contributed by atoms with van der Waals surface area (Å²) in [6.45, 7) is 3.60. The number of aromatic nitrogens is 2. The summed E-state index contributed by atoms with van der Waals surface area (Å²) in [7, 11) is 0. The van der Waals surface area contributed by atoms with Gasteiger partial charge in [0, 0.05) is 16.6 Å². The van der Waals surface area contributed by atoms with Crippen LogP contribution in [0.4, 0.5) is 4.39 Å². The predicted molar refractivity (Wildman–Crippen MR) is 97.0 cm³/mol. The fraction of sp³-hybridized carbons (Fsp3) is 0.111. The third-order valence-electron chi connectivity index (χ3n) is 3.81. The molecule has 0 amide bonds. The Labute approximate surface area is 147 Å². The second-order valence-corrected chi connectivity index (χ2v) is 6.13. The number of halogens is 3. The van der Waals surface area contributed by atoms with Crippen LogP contribution >= 0.6 is 23.2 Å². The zero-order valence-electron chi connectivity index (χ0n) is 13.0. The maximum absolute atomic E-state index is 13.2. The Bertz CT molecular complexity index is 1020. The maximum atomic E-state index is 13.2. The number of rotatable bonds is 2. The average Bonchev–Trinajstić information content (AvgIpc) is 2.57. The molecule has 6 heteroatoms. The van der Waals surface area contributed by atoms with E-state index in [0.29, 0.717) is 37.8 Å². The number of hydrogen-bond acceptors (Lipinski definition) is 2. The van der Waals surface area contributed by atoms with Gasteiger partial charge in [-0.3, -0.25) is 4.79 Å². The lowest BCUT2D eigenvalue weighted by Crippen LogP contribution is -2.22. The lowest BCUT2D eigenvalue weighted by Gasteiger charge is -2.12. The van der Waals surface area contributed by atoms with Crippen molar-refractivity contribution in [2.24, 2.45) is 0 Å². The van der Waals surface area contributed by atoms with Gasteiger partial charge in [-0.15, -0.1) is 0 Å². The second-order valence-electron chi connectivity index (χ2n) is 5.31. The molecule has 1 heterocycles. The van der Waals surface area contributed by atoms with Crippen molar-refractivity contribution in [2.45, 2.75) is 13.8 Å². The third kappa shape index (κ3) is 2.83. The van der Waals surface area contributed by atoms with Gasteiger partial charge in [0.15, 0.2) is 0 Å². The van der Waals surface area contributed by atoms with Crippen LogP contribution in [0.15, 0.2) is 47.3 Å². The first-order chi connectivity index (χ1) is 11.4. The first-order valence-electron chi connectivity index (χ1n) is 7.23. The van der Waals surface area contributed by atoms with Gasteiger partial charge < -0.3 is 0 Å². The van der Waals surface area contributed by atoms with Crippen molar-refractivity contribution < 1.29 is 4.39 Å². The molecule has 0 saturated carbocycles. The molecule has 0 spiro atoms. The third-order valence-corrected chi connectivity index (χ3v) is 4.53. The largest absolute Gasteiger partial charge is 0.279 e. The zero-order chi connectivity index (χ0) is 17.4. The first kappa shape index (κ1) is 16.7. The van der Waals surface area contributed by atoms with E-state index in [-0.39, 0.29) is 11.4 Å². The van der Waals surface area contributed by atoms with E-state index in [9.17, 15) is 9.18 Å². The number of nitrogens with zero attached hydrogens (tertiary/aromatic N) is 2. The summed E-state index contributed by atoms with van der Waals surface area (Å²) in [6.07, 6.45) is 1.78. The minimum atomic E-state index is -0.345. The molecule has 1 aromatic heterocycles. The van der Waals surface area contributed by atoms with Gasteiger partial charge in [0.05, 0.1) is 21.1 Å². The fourth-order valence-electron chi connectivity index (χ4n) is 2.42. The highest BCUT2D eigenvalue weighted by Crippen LogP contribution is 2.31. The van der Waals surface area contributed by atoms with Gasteiger partial charge in [-0.05, 0) is 50.2 Å². The molecule has 0 atom stereocenters. The van der Waals surface area contributed by atoms with Crippen LogP contribution in [0.2, 0.25) is 10.0 Å². The number of hydrogen-bond donors (Lipinski definition) is 0. The van der Waals surface area contributed by atoms with Crippen molar-refractivity contribution in [1.29, 1.82) is 0 Å². The Morgan fingerprint density at radius 2 is 1.71 bits per heavy atom. The van der Waals surface area contributed by atoms with Gasteiger partial charge in [-0.2, -0.15) is 5.10 Å². The molecule has 0 N–H and O–H groups in total. The summed E-state index contributed by atoms with van der Waals surface area (Å²) < 4.78 is 14.5. The van der Waals surface area contributed by atoms with Gasteiger partial charge >= 0.3 is 0 Å². The van der Waals surface area contributed by atoms with Crippen molar-refractivity contribution in [1.82, 2.24) is 9.78 Å². The van der Waals surface area contributed by atoms with E-state index in [1.807, 2.05) is 6.92 Å². The molecule has 3 rings (SSSR count). The molecule has 24 heavy (non-hydrogen) atoms. The molecule has 3 aromatic rings. The van der Waals surface area contributed by atoms with E-state index in [1.54, 1.807) is 31.2 Å². The van der Waals surface area contributed by atoms with Gasteiger partial charge in [-0.25, -0.2) is 9.07 Å². The van der Waals surface area contributed by atoms with Gasteiger partial charge in [0.2, 0.25) is 0 Å². The second kappa shape index (κ2) is 6.38. The highest BCUT2D eigenvalue weighted by Gasteiger charge is 2.15. The summed E-state index contributed by atoms with van der Waals surface area (Å²) in [5.41, 5.74) is 1.60. The van der Waals surface area contributed by atoms with Crippen LogP contribution < -0.4 is 5.56 Å². The van der Waals surface area contributed by atoms with E-state index in [0.717, 1.165) is 0 Å². The van der Waals surface area contributed by atoms with Crippen LogP contribution in [0.3, 0.4) is 0 Å². The Morgan fingerprint density at radius 3 is 2.29 bits per heavy atom. The number of fused-ring (bicyclic) bond motifs is 1. The van der Waals surface area contributed by atoms with E-state index in [4.69, 9.17) is 23.2 Å². The normalized spacial score (nSPS) is 12.0. The summed E-state index contributed by atoms with van der Waals surface area (Å²) in [4.78, 5) is 12.7. The monoisotopic (exact) mass is 362 g/mol. The topological polar surface area (TPSA) is 34.9 Å². The summed E-state index contributed by atoms with van der Waals surface area (Å²) in [6, 6.07) is 9.06. The summed E-state index contributed by atoms with van der Waals surface area (Å²) in [5, 5.41) is 6.05. The van der Waals surface area contributed by atoms with E-state index < -0.39 is 0 Å². The molecule has 0 bridgehead atoms. The van der Waals surface area contributed by atoms with Crippen molar-refractivity contribution in [3.05, 3.63) is 68.7 Å². The quantitative estimate of drug-likeness (QED) is 0.612. The lowest BCUT2D eigenvalue weighted by atomic mass is 10.0. The standard InChI is InChI=1S/C18H13Cl2FN2O/c1-3-10(2)23-18(24)14-9-16(20)15(19)8-13(14)17(22-23)11-4-6-12(21)7-5-11/h3-9H,1-2H3/b10-3+. The van der Waals surface area contributed by atoms with Crippen molar-refractivity contribution in [2.75, 3.05) is 0 Å². The number of allylic oxidation sites excluding steroid dienone is 2. The van der Waals surface area contributed by atoms with Gasteiger partial charge in [0.25, 0.3) is 5.56 Å². The molecule has 0 aliphatic heterocycles. The highest BCUT2D eigenvalue weighted by molar-refractivity contribution is 6.43. The Morgan fingerprint density at radius 1 is 1.12 bits per heavy atom.